The van der Waals surface area contributed by atoms with Crippen LogP contribution in [-0.4, -0.2) is 31.5 Å². The molecule has 1 aromatic heterocycles. The fourth-order valence-electron chi connectivity index (χ4n) is 4.14. The second-order valence-electron chi connectivity index (χ2n) is 9.20. The van der Waals surface area contributed by atoms with Gasteiger partial charge in [0.1, 0.15) is 16.7 Å². The lowest BCUT2D eigenvalue weighted by molar-refractivity contribution is -0.122. The molecule has 0 N–H and O–H groups in total. The molecule has 1 fully saturated rings. The molecule has 3 aromatic carbocycles. The van der Waals surface area contributed by atoms with Crippen LogP contribution in [0.15, 0.2) is 90.0 Å². The lowest BCUT2D eigenvalue weighted by atomic mass is 10.1. The van der Waals surface area contributed by atoms with Gasteiger partial charge in [-0.1, -0.05) is 85.4 Å². The van der Waals surface area contributed by atoms with Gasteiger partial charge in [0, 0.05) is 23.9 Å². The average molecular weight is 540 g/mol. The molecule has 38 heavy (non-hydrogen) atoms. The maximum Gasteiger partial charge on any atom is 0.266 e. The summed E-state index contributed by atoms with van der Waals surface area (Å²) in [6.45, 7) is 5.34. The highest BCUT2D eigenvalue weighted by atomic mass is 32.2. The van der Waals surface area contributed by atoms with E-state index in [2.05, 4.69) is 38.1 Å². The van der Waals surface area contributed by atoms with Crippen LogP contribution in [0.3, 0.4) is 0 Å². The van der Waals surface area contributed by atoms with Crippen molar-refractivity contribution in [2.45, 2.75) is 33.3 Å². The summed E-state index contributed by atoms with van der Waals surface area (Å²) in [6.07, 6.45) is 5.81. The lowest BCUT2D eigenvalue weighted by Gasteiger charge is -2.12. The summed E-state index contributed by atoms with van der Waals surface area (Å²) >= 11 is 6.86. The zero-order valence-electron chi connectivity index (χ0n) is 21.5. The van der Waals surface area contributed by atoms with Gasteiger partial charge in [-0.25, -0.2) is 4.68 Å². The second-order valence-corrected chi connectivity index (χ2v) is 10.9. The van der Waals surface area contributed by atoms with E-state index in [0.29, 0.717) is 22.4 Å². The number of thioether (sulfide) groups is 1. The summed E-state index contributed by atoms with van der Waals surface area (Å²) in [6, 6.07) is 26.2. The molecule has 5 rings (SSSR count). The van der Waals surface area contributed by atoms with E-state index < -0.39 is 0 Å². The summed E-state index contributed by atoms with van der Waals surface area (Å²) in [5.41, 5.74) is 5.89. The highest BCUT2D eigenvalue weighted by molar-refractivity contribution is 8.26. The second kappa shape index (κ2) is 11.8. The highest BCUT2D eigenvalue weighted by Crippen LogP contribution is 2.35. The minimum absolute atomic E-state index is 0.0354. The molecule has 2 heterocycles. The topological polar surface area (TPSA) is 47.4 Å². The van der Waals surface area contributed by atoms with Crippen LogP contribution in [0.1, 0.15) is 36.5 Å². The van der Waals surface area contributed by atoms with Crippen LogP contribution in [0.25, 0.3) is 23.0 Å². The molecule has 0 bridgehead atoms. The van der Waals surface area contributed by atoms with Crippen LogP contribution < -0.4 is 4.74 Å². The molecule has 4 aromatic rings. The largest absolute Gasteiger partial charge is 0.489 e. The first-order chi connectivity index (χ1) is 18.5. The molecule has 7 heteroatoms. The van der Waals surface area contributed by atoms with E-state index >= 15 is 0 Å². The number of thiocarbonyl (C=S) groups is 1. The molecular weight excluding hydrogens is 510 g/mol. The van der Waals surface area contributed by atoms with E-state index in [9.17, 15) is 4.79 Å². The number of carbonyl (C=O) groups is 1. The number of ether oxygens (including phenoxy) is 1. The third kappa shape index (κ3) is 5.90. The van der Waals surface area contributed by atoms with Crippen molar-refractivity contribution in [3.63, 3.8) is 0 Å². The van der Waals surface area contributed by atoms with Gasteiger partial charge in [0.25, 0.3) is 5.91 Å². The van der Waals surface area contributed by atoms with Crippen molar-refractivity contribution in [1.29, 1.82) is 0 Å². The maximum atomic E-state index is 13.1. The van der Waals surface area contributed by atoms with E-state index in [4.69, 9.17) is 22.1 Å². The Morgan fingerprint density at radius 2 is 1.74 bits per heavy atom. The molecule has 0 aliphatic carbocycles. The summed E-state index contributed by atoms with van der Waals surface area (Å²) in [5.74, 6) is 0.752. The van der Waals surface area contributed by atoms with Gasteiger partial charge in [0.2, 0.25) is 0 Å². The van der Waals surface area contributed by atoms with Gasteiger partial charge in [0.05, 0.1) is 16.3 Å². The van der Waals surface area contributed by atoms with Gasteiger partial charge >= 0.3 is 0 Å². The van der Waals surface area contributed by atoms with E-state index in [1.54, 1.807) is 4.90 Å². The first-order valence-electron chi connectivity index (χ1n) is 12.7. The van der Waals surface area contributed by atoms with Crippen LogP contribution in [-0.2, 0) is 11.4 Å². The number of rotatable bonds is 9. The van der Waals surface area contributed by atoms with Crippen molar-refractivity contribution in [2.75, 3.05) is 6.54 Å². The van der Waals surface area contributed by atoms with Crippen molar-refractivity contribution in [3.8, 4) is 22.7 Å². The smallest absolute Gasteiger partial charge is 0.266 e. The average Bonchev–Trinajstić information content (AvgIpc) is 3.48. The number of aryl methyl sites for hydroxylation is 1. The maximum absolute atomic E-state index is 13.1. The standard InChI is InChI=1S/C31H29N3O2S2/c1-3-4-18-33-30(35)28(38-31(33)37)19-25-20-34(26-8-6-5-7-9-26)32-29(25)24-14-16-27(17-15-24)36-21-23-12-10-22(2)11-13-23/h5-17,19-20H,3-4,18,21H2,1-2H3. The predicted octanol–water partition coefficient (Wildman–Crippen LogP) is 7.43. The van der Waals surface area contributed by atoms with Gasteiger partial charge in [0.15, 0.2) is 0 Å². The summed E-state index contributed by atoms with van der Waals surface area (Å²) in [4.78, 5) is 15.4. The van der Waals surface area contributed by atoms with E-state index in [0.717, 1.165) is 46.7 Å². The highest BCUT2D eigenvalue weighted by Gasteiger charge is 2.31. The van der Waals surface area contributed by atoms with Crippen molar-refractivity contribution >= 4 is 40.3 Å². The van der Waals surface area contributed by atoms with Crippen LogP contribution in [0.5, 0.6) is 5.75 Å². The molecule has 0 saturated carbocycles. The first kappa shape index (κ1) is 25.9. The van der Waals surface area contributed by atoms with E-state index in [-0.39, 0.29) is 5.91 Å². The Balaban J connectivity index is 1.43. The Bertz CT molecular complexity index is 1460. The quantitative estimate of drug-likeness (QED) is 0.164. The molecule has 0 unspecified atom stereocenters. The molecule has 0 atom stereocenters. The summed E-state index contributed by atoms with van der Waals surface area (Å²) in [7, 11) is 0. The van der Waals surface area contributed by atoms with Crippen molar-refractivity contribution in [2.24, 2.45) is 0 Å². The number of hydrogen-bond acceptors (Lipinski definition) is 5. The molecule has 0 radical (unpaired) electrons. The molecular formula is C31H29N3O2S2. The zero-order valence-corrected chi connectivity index (χ0v) is 23.1. The predicted molar refractivity (Wildman–Crippen MR) is 159 cm³/mol. The fraction of sp³-hybridized carbons (Fsp3) is 0.194. The van der Waals surface area contributed by atoms with Gasteiger partial charge in [-0.05, 0) is 61.4 Å². The normalized spacial score (nSPS) is 14.5. The third-order valence-electron chi connectivity index (χ3n) is 6.31. The monoisotopic (exact) mass is 539 g/mol. The number of benzene rings is 3. The molecule has 5 nitrogen and oxygen atoms in total. The molecule has 1 aliphatic rings. The van der Waals surface area contributed by atoms with Crippen molar-refractivity contribution < 1.29 is 9.53 Å². The summed E-state index contributed by atoms with van der Waals surface area (Å²) in [5, 5.41) is 4.90. The number of carbonyl (C=O) groups excluding carboxylic acids is 1. The Morgan fingerprint density at radius 1 is 1.00 bits per heavy atom. The number of unbranched alkanes of at least 4 members (excludes halogenated alkanes) is 1. The Labute approximate surface area is 233 Å². The van der Waals surface area contributed by atoms with Crippen LogP contribution >= 0.6 is 24.0 Å². The molecule has 1 aliphatic heterocycles. The fourth-order valence-corrected chi connectivity index (χ4v) is 5.44. The Morgan fingerprint density at radius 3 is 2.45 bits per heavy atom. The van der Waals surface area contributed by atoms with Crippen molar-refractivity contribution in [1.82, 2.24) is 14.7 Å². The SMILES string of the molecule is CCCCN1C(=O)C(=Cc2cn(-c3ccccc3)nc2-c2ccc(OCc3ccc(C)cc3)cc2)SC1=S. The third-order valence-corrected chi connectivity index (χ3v) is 7.69. The Hall–Kier alpha value is -3.68. The van der Waals surface area contributed by atoms with Crippen LogP contribution in [0, 0.1) is 6.92 Å². The van der Waals surface area contributed by atoms with Gasteiger partial charge in [-0.3, -0.25) is 9.69 Å². The summed E-state index contributed by atoms with van der Waals surface area (Å²) < 4.78 is 8.46. The minimum atomic E-state index is -0.0354. The molecule has 192 valence electrons. The van der Waals surface area contributed by atoms with Crippen LogP contribution in [0.2, 0.25) is 0 Å². The van der Waals surface area contributed by atoms with E-state index in [1.165, 1.54) is 17.3 Å². The number of hydrogen-bond donors (Lipinski definition) is 0. The molecule has 1 amide bonds. The minimum Gasteiger partial charge on any atom is -0.489 e. The number of nitrogens with zero attached hydrogens (tertiary/aromatic N) is 3. The number of amides is 1. The number of para-hydroxylation sites is 1. The number of aromatic nitrogens is 2. The first-order valence-corrected chi connectivity index (χ1v) is 13.9. The zero-order chi connectivity index (χ0) is 26.5. The van der Waals surface area contributed by atoms with Crippen molar-refractivity contribution in [3.05, 3.63) is 107 Å². The lowest BCUT2D eigenvalue weighted by Crippen LogP contribution is -2.28. The van der Waals surface area contributed by atoms with Crippen LogP contribution in [0.4, 0.5) is 0 Å². The Kier molecular flexibility index (Phi) is 8.05. The molecule has 1 saturated heterocycles. The van der Waals surface area contributed by atoms with E-state index in [1.807, 2.05) is 71.6 Å². The van der Waals surface area contributed by atoms with Gasteiger partial charge in [-0.15, -0.1) is 0 Å². The molecule has 0 spiro atoms. The van der Waals surface area contributed by atoms with Gasteiger partial charge < -0.3 is 4.74 Å². The van der Waals surface area contributed by atoms with Gasteiger partial charge in [-0.2, -0.15) is 5.10 Å².